The van der Waals surface area contributed by atoms with Crippen molar-refractivity contribution in [3.8, 4) is 0 Å². The van der Waals surface area contributed by atoms with Crippen LogP contribution in [0.25, 0.3) is 0 Å². The third-order valence-electron chi connectivity index (χ3n) is 0. The molecule has 12 heteroatoms. The van der Waals surface area contributed by atoms with Crippen LogP contribution in [0.3, 0.4) is 0 Å². The number of hydrogen-bond acceptors (Lipinski definition) is 4. The maximum absolute atomic E-state index is 8.60. The van der Waals surface area contributed by atoms with E-state index in [9.17, 15) is 0 Å². The standard InChI is InChI=1S/ClHO4.Ni.6H2O/c2-1(3,4)5;;;;;;;/h(H,2,3,4,5);;6*1H2. The molecule has 0 unspecified atom stereocenters. The van der Waals surface area contributed by atoms with E-state index in [4.69, 9.17) is 18.6 Å². The van der Waals surface area contributed by atoms with Gasteiger partial charge in [0.15, 0.2) is 0 Å². The second kappa shape index (κ2) is 30.1. The normalized spacial score (nSPS) is 5.00. The van der Waals surface area contributed by atoms with Crippen molar-refractivity contribution in [2.45, 2.75) is 0 Å². The van der Waals surface area contributed by atoms with Crippen LogP contribution in [-0.2, 0) is 16.5 Å². The molecule has 12 heavy (non-hydrogen) atoms. The van der Waals surface area contributed by atoms with Crippen molar-refractivity contribution in [2.24, 2.45) is 0 Å². The molecule has 0 saturated heterocycles. The third kappa shape index (κ3) is 6220. The molecule has 0 aromatic heterocycles. The molecule has 0 aliphatic carbocycles. The molecule has 0 aliphatic rings. The Labute approximate surface area is 78.9 Å². The Bertz CT molecular complexity index is 25.3. The Hall–Kier alpha value is 0.384. The van der Waals surface area contributed by atoms with Crippen LogP contribution in [0.15, 0.2) is 0 Å². The molecule has 0 heterocycles. The Kier molecular flexibility index (Phi) is 210. The molecule has 0 fully saturated rings. The van der Waals surface area contributed by atoms with Crippen molar-refractivity contribution >= 4 is 0 Å². The monoisotopic (exact) mass is 266 g/mol. The maximum atomic E-state index is 8.60. The van der Waals surface area contributed by atoms with E-state index in [2.05, 4.69) is 0 Å². The largest absolute Gasteiger partial charge is 0.412 e. The molecule has 0 rings (SSSR count). The van der Waals surface area contributed by atoms with Gasteiger partial charge in [0.2, 0.25) is 0 Å². The zero-order valence-corrected chi connectivity index (χ0v) is 7.11. The van der Waals surface area contributed by atoms with Crippen molar-refractivity contribution < 1.29 is 78.2 Å². The molecule has 0 aliphatic heterocycles. The van der Waals surface area contributed by atoms with Crippen LogP contribution < -0.4 is 14.0 Å². The second-order valence-electron chi connectivity index (χ2n) is 0.396. The summed E-state index contributed by atoms with van der Waals surface area (Å²) in [5.41, 5.74) is 0. The minimum absolute atomic E-state index is 0. The molecule has 0 atom stereocenters. The van der Waals surface area contributed by atoms with Gasteiger partial charge in [0, 0.05) is 16.5 Å². The van der Waals surface area contributed by atoms with Gasteiger partial charge < -0.3 is 32.9 Å². The van der Waals surface area contributed by atoms with Crippen LogP contribution in [0.2, 0.25) is 0 Å². The number of halogens is 1. The first kappa shape index (κ1) is 83.5. The van der Waals surface area contributed by atoms with Crippen molar-refractivity contribution in [1.29, 1.82) is 0 Å². The average Bonchev–Trinajstić information content (AvgIpc) is 0.722. The summed E-state index contributed by atoms with van der Waals surface area (Å²) in [5.74, 6) is 0. The van der Waals surface area contributed by atoms with E-state index in [0.717, 1.165) is 0 Å². The van der Waals surface area contributed by atoms with Gasteiger partial charge in [-0.15, -0.1) is 0 Å². The summed E-state index contributed by atoms with van der Waals surface area (Å²) in [7, 11) is -4.69. The van der Waals surface area contributed by atoms with Gasteiger partial charge in [-0.25, -0.2) is 0 Å². The molecule has 0 spiro atoms. The first-order valence-electron chi connectivity index (χ1n) is 0.632. The van der Waals surface area contributed by atoms with Crippen LogP contribution in [0.5, 0.6) is 0 Å². The molecular weight excluding hydrogens is 254 g/mol. The van der Waals surface area contributed by atoms with Crippen molar-refractivity contribution in [3.05, 3.63) is 0 Å². The predicted molar refractivity (Wildman–Crippen MR) is 23.9 cm³/mol. The smallest absolute Gasteiger partial charge is 0.0777 e. The fourth-order valence-corrected chi connectivity index (χ4v) is 0. The van der Waals surface area contributed by atoms with Gasteiger partial charge >= 0.3 is 0 Å². The fourth-order valence-electron chi connectivity index (χ4n) is 0. The van der Waals surface area contributed by atoms with E-state index in [1.54, 1.807) is 0 Å². The Balaban J connectivity index is -0.00000000381. The van der Waals surface area contributed by atoms with Gasteiger partial charge in [-0.1, -0.05) is 0 Å². The quantitative estimate of drug-likeness (QED) is 0.417. The molecule has 0 bridgehead atoms. The molecule has 13 N–H and O–H groups in total. The van der Waals surface area contributed by atoms with Crippen LogP contribution in [0, 0.1) is 10.2 Å². The topological polar surface area (TPSA) is 278 Å². The second-order valence-corrected chi connectivity index (χ2v) is 1.19. The predicted octanol–water partition coefficient (Wildman–Crippen LogP) is -9.07. The van der Waals surface area contributed by atoms with Crippen LogP contribution in [0.1, 0.15) is 0 Å². The minimum Gasteiger partial charge on any atom is -0.412 e. The first-order valence-corrected chi connectivity index (χ1v) is 1.90. The summed E-state index contributed by atoms with van der Waals surface area (Å²) in [6.07, 6.45) is 0. The molecule has 0 amide bonds. The van der Waals surface area contributed by atoms with Gasteiger partial charge in [0.25, 0.3) is 0 Å². The van der Waals surface area contributed by atoms with Gasteiger partial charge in [0.1, 0.15) is 0 Å². The molecule has 0 aromatic carbocycles. The summed E-state index contributed by atoms with van der Waals surface area (Å²) in [5, 5.41) is 0. The first-order chi connectivity index (χ1) is 2.00. The van der Waals surface area contributed by atoms with Gasteiger partial charge in [-0.05, 0) is 0 Å². The van der Waals surface area contributed by atoms with E-state index >= 15 is 0 Å². The van der Waals surface area contributed by atoms with E-state index < -0.39 is 10.2 Å². The number of hydrogen-bond donors (Lipinski definition) is 1. The zero-order chi connectivity index (χ0) is 4.50. The van der Waals surface area contributed by atoms with Crippen LogP contribution in [-0.4, -0.2) is 37.5 Å². The summed E-state index contributed by atoms with van der Waals surface area (Å²) in [6.45, 7) is 0. The van der Waals surface area contributed by atoms with Gasteiger partial charge in [-0.3, -0.25) is 0 Å². The Morgan fingerprint density at radius 2 is 0.667 bits per heavy atom. The molecule has 90 valence electrons. The molecule has 10 nitrogen and oxygen atoms in total. The SMILES string of the molecule is O.O.O.O.O.O.[Ni].[O-][Cl+3]([O-])([O-])O. The zero-order valence-electron chi connectivity index (χ0n) is 5.37. The Morgan fingerprint density at radius 3 is 0.667 bits per heavy atom. The van der Waals surface area contributed by atoms with Crippen LogP contribution >= 0.6 is 0 Å². The van der Waals surface area contributed by atoms with Crippen molar-refractivity contribution in [3.63, 3.8) is 0 Å². The summed E-state index contributed by atoms with van der Waals surface area (Å²) >= 11 is 0. The molecule has 0 aromatic rings. The van der Waals surface area contributed by atoms with Crippen molar-refractivity contribution in [2.75, 3.05) is 0 Å². The van der Waals surface area contributed by atoms with E-state index in [0.29, 0.717) is 0 Å². The number of rotatable bonds is 0. The van der Waals surface area contributed by atoms with Crippen LogP contribution in [0.4, 0.5) is 0 Å². The molecule has 0 saturated carbocycles. The van der Waals surface area contributed by atoms with E-state index in [1.165, 1.54) is 0 Å². The molecule has 0 radical (unpaired) electrons. The summed E-state index contributed by atoms with van der Waals surface area (Å²) in [4.78, 5) is 0. The van der Waals surface area contributed by atoms with E-state index in [-0.39, 0.29) is 49.3 Å². The third-order valence-corrected chi connectivity index (χ3v) is 0. The summed E-state index contributed by atoms with van der Waals surface area (Å²) < 4.78 is 32.7. The van der Waals surface area contributed by atoms with Crippen molar-refractivity contribution in [1.82, 2.24) is 0 Å². The van der Waals surface area contributed by atoms with E-state index in [1.807, 2.05) is 0 Å². The molecular formula is H13ClNiO10. The summed E-state index contributed by atoms with van der Waals surface area (Å²) in [6, 6.07) is 0. The minimum atomic E-state index is -4.69. The maximum Gasteiger partial charge on any atom is 0.0777 e. The van der Waals surface area contributed by atoms with Gasteiger partial charge in [0.05, 0.1) is 14.9 Å². The Morgan fingerprint density at radius 1 is 0.667 bits per heavy atom. The fraction of sp³-hybridized carbons (Fsp3) is 0. The average molecular weight is 267 g/mol. The van der Waals surface area contributed by atoms with Gasteiger partial charge in [-0.2, -0.15) is 14.0 Å².